The number of hydrogen-bond donors (Lipinski definition) is 3. The van der Waals surface area contributed by atoms with E-state index in [1.165, 1.54) is 4.90 Å². The van der Waals surface area contributed by atoms with Crippen molar-refractivity contribution in [3.8, 4) is 0 Å². The van der Waals surface area contributed by atoms with Crippen LogP contribution in [0, 0.1) is 0 Å². The number of carbonyl (C=O) groups is 3. The molecule has 1 saturated heterocycles. The van der Waals surface area contributed by atoms with Gasteiger partial charge in [0.1, 0.15) is 0 Å². The average Bonchev–Trinajstić information content (AvgIpc) is 2.69. The van der Waals surface area contributed by atoms with Crippen molar-refractivity contribution in [3.05, 3.63) is 65.7 Å². The van der Waals surface area contributed by atoms with Gasteiger partial charge in [-0.25, -0.2) is 4.79 Å². The van der Waals surface area contributed by atoms with Crippen LogP contribution in [0.25, 0.3) is 0 Å². The Labute approximate surface area is 156 Å². The van der Waals surface area contributed by atoms with Gasteiger partial charge in [0.25, 0.3) is 11.8 Å². The third kappa shape index (κ3) is 4.15. The number of carbonyl (C=O) groups excluding carboxylic acids is 2. The van der Waals surface area contributed by atoms with Gasteiger partial charge in [-0.3, -0.25) is 9.59 Å². The molecule has 140 valence electrons. The first-order chi connectivity index (χ1) is 12.9. The van der Waals surface area contributed by atoms with E-state index in [1.807, 2.05) is 6.07 Å². The van der Waals surface area contributed by atoms with Gasteiger partial charge in [0, 0.05) is 42.7 Å². The highest BCUT2D eigenvalue weighted by molar-refractivity contribution is 6.04. The smallest absolute Gasteiger partial charge is 0.335 e. The van der Waals surface area contributed by atoms with Gasteiger partial charge in [-0.2, -0.15) is 0 Å². The SMILES string of the molecule is O=C(Nc1ccc(C(=O)N2CCC(O)(C(=O)O)CC2)cc1)c1ccccc1. The number of amides is 2. The summed E-state index contributed by atoms with van der Waals surface area (Å²) in [4.78, 5) is 37.3. The summed E-state index contributed by atoms with van der Waals surface area (Å²) in [7, 11) is 0. The highest BCUT2D eigenvalue weighted by atomic mass is 16.4. The maximum Gasteiger partial charge on any atom is 0.335 e. The van der Waals surface area contributed by atoms with Crippen molar-refractivity contribution >= 4 is 23.5 Å². The molecule has 0 aliphatic carbocycles. The molecule has 27 heavy (non-hydrogen) atoms. The predicted molar refractivity (Wildman–Crippen MR) is 98.6 cm³/mol. The van der Waals surface area contributed by atoms with Gasteiger partial charge in [-0.1, -0.05) is 18.2 Å². The van der Waals surface area contributed by atoms with Crippen molar-refractivity contribution in [3.63, 3.8) is 0 Å². The van der Waals surface area contributed by atoms with E-state index in [0.29, 0.717) is 16.8 Å². The van der Waals surface area contributed by atoms with E-state index in [2.05, 4.69) is 5.32 Å². The second kappa shape index (κ2) is 7.59. The van der Waals surface area contributed by atoms with Crippen LogP contribution in [-0.2, 0) is 4.79 Å². The van der Waals surface area contributed by atoms with Gasteiger partial charge in [-0.05, 0) is 36.4 Å². The lowest BCUT2D eigenvalue weighted by Crippen LogP contribution is -2.50. The van der Waals surface area contributed by atoms with Crippen LogP contribution >= 0.6 is 0 Å². The second-order valence-electron chi connectivity index (χ2n) is 6.53. The number of aliphatic carboxylic acids is 1. The largest absolute Gasteiger partial charge is 0.479 e. The van der Waals surface area contributed by atoms with E-state index < -0.39 is 11.6 Å². The van der Waals surface area contributed by atoms with Crippen LogP contribution in [0.4, 0.5) is 5.69 Å². The van der Waals surface area contributed by atoms with Crippen molar-refractivity contribution < 1.29 is 24.6 Å². The van der Waals surface area contributed by atoms with Crippen LogP contribution in [0.5, 0.6) is 0 Å². The van der Waals surface area contributed by atoms with Gasteiger partial charge in [0.2, 0.25) is 0 Å². The van der Waals surface area contributed by atoms with Gasteiger partial charge in [0.05, 0.1) is 0 Å². The van der Waals surface area contributed by atoms with Crippen molar-refractivity contribution in [1.82, 2.24) is 4.90 Å². The summed E-state index contributed by atoms with van der Waals surface area (Å²) in [5, 5.41) is 21.8. The zero-order valence-electron chi connectivity index (χ0n) is 14.6. The lowest BCUT2D eigenvalue weighted by Gasteiger charge is -2.35. The van der Waals surface area contributed by atoms with Crippen LogP contribution in [0.1, 0.15) is 33.6 Å². The summed E-state index contributed by atoms with van der Waals surface area (Å²) in [6.07, 6.45) is -0.00141. The summed E-state index contributed by atoms with van der Waals surface area (Å²) in [6, 6.07) is 15.3. The van der Waals surface area contributed by atoms with E-state index in [9.17, 15) is 19.5 Å². The second-order valence-corrected chi connectivity index (χ2v) is 6.53. The topological polar surface area (TPSA) is 107 Å². The van der Waals surface area contributed by atoms with E-state index in [-0.39, 0.29) is 37.7 Å². The summed E-state index contributed by atoms with van der Waals surface area (Å²) < 4.78 is 0. The van der Waals surface area contributed by atoms with Crippen LogP contribution < -0.4 is 5.32 Å². The summed E-state index contributed by atoms with van der Waals surface area (Å²) in [5.41, 5.74) is -0.216. The fraction of sp³-hybridized carbons (Fsp3) is 0.250. The molecule has 2 aromatic carbocycles. The zero-order valence-corrected chi connectivity index (χ0v) is 14.6. The number of carboxylic acid groups (broad SMARTS) is 1. The molecule has 2 aromatic rings. The van der Waals surface area contributed by atoms with Gasteiger partial charge < -0.3 is 20.4 Å². The molecule has 0 atom stereocenters. The molecule has 0 saturated carbocycles. The number of benzene rings is 2. The van der Waals surface area contributed by atoms with Gasteiger partial charge in [0.15, 0.2) is 5.60 Å². The molecule has 1 fully saturated rings. The van der Waals surface area contributed by atoms with Gasteiger partial charge in [-0.15, -0.1) is 0 Å². The Balaban J connectivity index is 1.61. The van der Waals surface area contributed by atoms with Crippen molar-refractivity contribution in [2.45, 2.75) is 18.4 Å². The fourth-order valence-electron chi connectivity index (χ4n) is 2.97. The Hall–Kier alpha value is -3.19. The quantitative estimate of drug-likeness (QED) is 0.765. The van der Waals surface area contributed by atoms with E-state index >= 15 is 0 Å². The zero-order chi connectivity index (χ0) is 19.4. The third-order valence-electron chi connectivity index (χ3n) is 4.70. The van der Waals surface area contributed by atoms with Crippen LogP contribution in [0.3, 0.4) is 0 Å². The van der Waals surface area contributed by atoms with E-state index in [1.54, 1.807) is 48.5 Å². The number of likely N-dealkylation sites (tertiary alicyclic amines) is 1. The van der Waals surface area contributed by atoms with Crippen LogP contribution in [0.15, 0.2) is 54.6 Å². The first kappa shape index (κ1) is 18.6. The lowest BCUT2D eigenvalue weighted by molar-refractivity contribution is -0.162. The number of anilines is 1. The first-order valence-corrected chi connectivity index (χ1v) is 8.60. The first-order valence-electron chi connectivity index (χ1n) is 8.60. The molecule has 0 aromatic heterocycles. The van der Waals surface area contributed by atoms with E-state index in [0.717, 1.165) is 0 Å². The number of nitrogens with zero attached hydrogens (tertiary/aromatic N) is 1. The molecular weight excluding hydrogens is 348 g/mol. The molecule has 0 bridgehead atoms. The Morgan fingerprint density at radius 3 is 2.04 bits per heavy atom. The number of nitrogens with one attached hydrogen (secondary N) is 1. The number of aliphatic hydroxyl groups is 1. The minimum atomic E-state index is -1.76. The predicted octanol–water partition coefficient (Wildman–Crippen LogP) is 1.99. The maximum absolute atomic E-state index is 12.5. The van der Waals surface area contributed by atoms with Gasteiger partial charge >= 0.3 is 5.97 Å². The molecule has 0 unspecified atom stereocenters. The molecule has 1 aliphatic rings. The molecule has 0 spiro atoms. The molecule has 7 nitrogen and oxygen atoms in total. The minimum absolute atomic E-state index is 0.000704. The van der Waals surface area contributed by atoms with E-state index in [4.69, 9.17) is 5.11 Å². The molecule has 1 heterocycles. The Kier molecular flexibility index (Phi) is 5.23. The van der Waals surface area contributed by atoms with Crippen molar-refractivity contribution in [2.75, 3.05) is 18.4 Å². The normalized spacial score (nSPS) is 15.8. The molecule has 1 aliphatic heterocycles. The highest BCUT2D eigenvalue weighted by Crippen LogP contribution is 2.24. The standard InChI is InChI=1S/C20H20N2O5/c23-17(14-4-2-1-3-5-14)21-16-8-6-15(7-9-16)18(24)22-12-10-20(27,11-13-22)19(25)26/h1-9,27H,10-13H2,(H,21,23)(H,25,26). The lowest BCUT2D eigenvalue weighted by atomic mass is 9.91. The highest BCUT2D eigenvalue weighted by Gasteiger charge is 2.40. The minimum Gasteiger partial charge on any atom is -0.479 e. The molecular formula is C20H20N2O5. The molecule has 3 rings (SSSR count). The fourth-order valence-corrected chi connectivity index (χ4v) is 2.97. The molecule has 7 heteroatoms. The summed E-state index contributed by atoms with van der Waals surface area (Å²) >= 11 is 0. The Bertz CT molecular complexity index is 840. The van der Waals surface area contributed by atoms with Crippen molar-refractivity contribution in [2.24, 2.45) is 0 Å². The molecule has 0 radical (unpaired) electrons. The summed E-state index contributed by atoms with van der Waals surface area (Å²) in [6.45, 7) is 0.349. The number of carboxylic acids is 1. The maximum atomic E-state index is 12.5. The summed E-state index contributed by atoms with van der Waals surface area (Å²) in [5.74, 6) is -1.73. The van der Waals surface area contributed by atoms with Crippen LogP contribution in [-0.4, -0.2) is 51.6 Å². The Morgan fingerprint density at radius 1 is 0.889 bits per heavy atom. The molecule has 2 amide bonds. The van der Waals surface area contributed by atoms with Crippen LogP contribution in [0.2, 0.25) is 0 Å². The molecule has 3 N–H and O–H groups in total. The number of rotatable bonds is 4. The Morgan fingerprint density at radius 2 is 1.48 bits per heavy atom. The van der Waals surface area contributed by atoms with Crippen molar-refractivity contribution in [1.29, 1.82) is 0 Å². The monoisotopic (exact) mass is 368 g/mol. The average molecular weight is 368 g/mol. The number of hydrogen-bond acceptors (Lipinski definition) is 4. The third-order valence-corrected chi connectivity index (χ3v) is 4.70. The number of piperidine rings is 1.